The van der Waals surface area contributed by atoms with Crippen LogP contribution in [0.25, 0.3) is 0 Å². The van der Waals surface area contributed by atoms with Gasteiger partial charge in [-0.1, -0.05) is 28.1 Å². The number of aryl methyl sites for hydroxylation is 2. The number of carbonyl (C=O) groups excluding carboxylic acids is 1. The Kier molecular flexibility index (Phi) is 6.44. The highest BCUT2D eigenvalue weighted by molar-refractivity contribution is 9.10. The van der Waals surface area contributed by atoms with Crippen LogP contribution in [0, 0.1) is 13.8 Å². The van der Waals surface area contributed by atoms with Gasteiger partial charge in [0.1, 0.15) is 11.5 Å². The quantitative estimate of drug-likeness (QED) is 0.495. The Morgan fingerprint density at radius 2 is 1.66 bits per heavy atom. The van der Waals surface area contributed by atoms with Crippen molar-refractivity contribution < 1.29 is 17.6 Å². The molecule has 0 bridgehead atoms. The van der Waals surface area contributed by atoms with Crippen LogP contribution >= 0.6 is 15.9 Å². The van der Waals surface area contributed by atoms with Crippen LogP contribution in [-0.4, -0.2) is 45.4 Å². The molecule has 0 aliphatic carbocycles. The minimum absolute atomic E-state index is 0.172. The number of furan rings is 1. The van der Waals surface area contributed by atoms with E-state index in [0.717, 1.165) is 17.6 Å². The predicted octanol–water partition coefficient (Wildman–Crippen LogP) is 4.60. The van der Waals surface area contributed by atoms with Crippen LogP contribution in [0.4, 0.5) is 5.69 Å². The molecule has 0 spiro atoms. The summed E-state index contributed by atoms with van der Waals surface area (Å²) in [5.74, 6) is -0.0723. The first-order chi connectivity index (χ1) is 15.2. The Hall–Kier alpha value is -2.58. The van der Waals surface area contributed by atoms with Crippen LogP contribution in [0.2, 0.25) is 0 Å². The first-order valence-corrected chi connectivity index (χ1v) is 12.9. The molecule has 2 heterocycles. The lowest BCUT2D eigenvalue weighted by Crippen LogP contribution is -2.49. The van der Waals surface area contributed by atoms with E-state index < -0.39 is 9.84 Å². The van der Waals surface area contributed by atoms with Crippen LogP contribution in [-0.2, 0) is 15.6 Å². The second kappa shape index (κ2) is 9.11. The Labute approximate surface area is 196 Å². The number of hydrogen-bond acceptors (Lipinski definition) is 5. The Balaban J connectivity index is 1.40. The van der Waals surface area contributed by atoms with Crippen molar-refractivity contribution >= 4 is 37.4 Å². The summed E-state index contributed by atoms with van der Waals surface area (Å²) in [6.07, 6.45) is 0. The molecular weight excluding hydrogens is 492 g/mol. The minimum atomic E-state index is -3.56. The molecule has 1 aromatic heterocycles. The van der Waals surface area contributed by atoms with E-state index in [1.807, 2.05) is 0 Å². The first kappa shape index (κ1) is 22.6. The van der Waals surface area contributed by atoms with Crippen molar-refractivity contribution in [1.82, 2.24) is 4.90 Å². The number of carbonyl (C=O) groups is 1. The van der Waals surface area contributed by atoms with Crippen LogP contribution in [0.5, 0.6) is 0 Å². The minimum Gasteiger partial charge on any atom is -0.455 e. The Morgan fingerprint density at radius 3 is 2.34 bits per heavy atom. The van der Waals surface area contributed by atoms with E-state index in [9.17, 15) is 13.2 Å². The molecule has 3 aromatic rings. The maximum atomic E-state index is 12.9. The average Bonchev–Trinajstić information content (AvgIpc) is 3.23. The van der Waals surface area contributed by atoms with Gasteiger partial charge in [0, 0.05) is 36.3 Å². The number of nitrogens with zero attached hydrogens (tertiary/aromatic N) is 2. The third-order valence-corrected chi connectivity index (χ3v) is 7.83. The smallest absolute Gasteiger partial charge is 0.289 e. The highest BCUT2D eigenvalue weighted by Crippen LogP contribution is 2.24. The van der Waals surface area contributed by atoms with Crippen molar-refractivity contribution in [3.8, 4) is 0 Å². The molecule has 0 saturated carbocycles. The van der Waals surface area contributed by atoms with Crippen LogP contribution in [0.15, 0.2) is 68.4 Å². The summed E-state index contributed by atoms with van der Waals surface area (Å²) in [5, 5.41) is 0. The van der Waals surface area contributed by atoms with Gasteiger partial charge in [0.2, 0.25) is 0 Å². The maximum Gasteiger partial charge on any atom is 0.289 e. The van der Waals surface area contributed by atoms with Crippen molar-refractivity contribution in [2.75, 3.05) is 31.1 Å². The fraction of sp³-hybridized carbons (Fsp3) is 0.292. The highest BCUT2D eigenvalue weighted by atomic mass is 79.9. The molecule has 6 nitrogen and oxygen atoms in total. The summed E-state index contributed by atoms with van der Waals surface area (Å²) in [6, 6.07) is 16.0. The summed E-state index contributed by atoms with van der Waals surface area (Å²) in [6.45, 7) is 6.81. The molecular formula is C24H25BrN2O4S. The van der Waals surface area contributed by atoms with Gasteiger partial charge < -0.3 is 14.2 Å². The van der Waals surface area contributed by atoms with Gasteiger partial charge in [-0.25, -0.2) is 8.42 Å². The topological polar surface area (TPSA) is 70.8 Å². The van der Waals surface area contributed by atoms with Crippen molar-refractivity contribution in [1.29, 1.82) is 0 Å². The molecule has 0 radical (unpaired) electrons. The molecule has 1 aliphatic heterocycles. The standard InChI is InChI=1S/C24H25BrN2O4S/c1-17-3-4-18(2)22(15-17)26-11-13-27(14-12-26)24(28)23-10-7-20(31-23)16-32(29,30)21-8-5-19(25)6-9-21/h3-10,15H,11-14,16H2,1-2H3. The highest BCUT2D eigenvalue weighted by Gasteiger charge is 2.26. The second-order valence-electron chi connectivity index (χ2n) is 8.05. The summed E-state index contributed by atoms with van der Waals surface area (Å²) in [4.78, 5) is 17.2. The molecule has 0 unspecified atom stereocenters. The number of piperazine rings is 1. The SMILES string of the molecule is Cc1ccc(C)c(N2CCN(C(=O)c3ccc(CS(=O)(=O)c4ccc(Br)cc4)o3)CC2)c1. The van der Waals surface area contributed by atoms with E-state index >= 15 is 0 Å². The van der Waals surface area contributed by atoms with E-state index in [-0.39, 0.29) is 28.1 Å². The van der Waals surface area contributed by atoms with Gasteiger partial charge in [-0.15, -0.1) is 0 Å². The molecule has 2 aromatic carbocycles. The van der Waals surface area contributed by atoms with Gasteiger partial charge in [-0.05, 0) is 67.4 Å². The molecule has 4 rings (SSSR count). The number of halogens is 1. The normalized spacial score (nSPS) is 14.6. The number of benzene rings is 2. The molecule has 32 heavy (non-hydrogen) atoms. The summed E-state index contributed by atoms with van der Waals surface area (Å²) >= 11 is 3.30. The molecule has 1 saturated heterocycles. The Bertz CT molecular complexity index is 1230. The monoisotopic (exact) mass is 516 g/mol. The lowest BCUT2D eigenvalue weighted by Gasteiger charge is -2.36. The van der Waals surface area contributed by atoms with Crippen molar-refractivity contribution in [2.24, 2.45) is 0 Å². The third-order valence-electron chi connectivity index (χ3n) is 5.65. The molecule has 168 valence electrons. The number of anilines is 1. The lowest BCUT2D eigenvalue weighted by atomic mass is 10.1. The molecule has 0 atom stereocenters. The molecule has 1 fully saturated rings. The zero-order valence-electron chi connectivity index (χ0n) is 18.0. The maximum absolute atomic E-state index is 12.9. The van der Waals surface area contributed by atoms with Gasteiger partial charge in [-0.3, -0.25) is 4.79 Å². The average molecular weight is 517 g/mol. The van der Waals surface area contributed by atoms with Crippen LogP contribution in [0.3, 0.4) is 0 Å². The van der Waals surface area contributed by atoms with Crippen molar-refractivity contribution in [2.45, 2.75) is 24.5 Å². The van der Waals surface area contributed by atoms with Gasteiger partial charge in [0.25, 0.3) is 5.91 Å². The number of amides is 1. The summed E-state index contributed by atoms with van der Waals surface area (Å²) in [7, 11) is -3.56. The van der Waals surface area contributed by atoms with E-state index in [2.05, 4.69) is 52.9 Å². The zero-order chi connectivity index (χ0) is 22.9. The first-order valence-electron chi connectivity index (χ1n) is 10.4. The van der Waals surface area contributed by atoms with Crippen molar-refractivity contribution in [3.63, 3.8) is 0 Å². The molecule has 8 heteroatoms. The Morgan fingerprint density at radius 1 is 0.969 bits per heavy atom. The van der Waals surface area contributed by atoms with E-state index in [4.69, 9.17) is 4.42 Å². The number of rotatable bonds is 5. The lowest BCUT2D eigenvalue weighted by molar-refractivity contribution is 0.0713. The van der Waals surface area contributed by atoms with E-state index in [1.165, 1.54) is 16.8 Å². The third kappa shape index (κ3) is 4.91. The van der Waals surface area contributed by atoms with Crippen molar-refractivity contribution in [3.05, 3.63) is 81.7 Å². The summed E-state index contributed by atoms with van der Waals surface area (Å²) < 4.78 is 31.7. The number of sulfone groups is 1. The van der Waals surface area contributed by atoms with Crippen LogP contribution < -0.4 is 4.90 Å². The molecule has 1 amide bonds. The zero-order valence-corrected chi connectivity index (χ0v) is 20.4. The largest absolute Gasteiger partial charge is 0.455 e. The van der Waals surface area contributed by atoms with Gasteiger partial charge in [0.05, 0.1) is 4.90 Å². The van der Waals surface area contributed by atoms with Gasteiger partial charge in [0.15, 0.2) is 15.6 Å². The fourth-order valence-corrected chi connectivity index (χ4v) is 5.36. The van der Waals surface area contributed by atoms with E-state index in [1.54, 1.807) is 41.3 Å². The second-order valence-corrected chi connectivity index (χ2v) is 11.0. The van der Waals surface area contributed by atoms with Gasteiger partial charge in [-0.2, -0.15) is 0 Å². The fourth-order valence-electron chi connectivity index (χ4n) is 3.85. The predicted molar refractivity (Wildman–Crippen MR) is 128 cm³/mol. The summed E-state index contributed by atoms with van der Waals surface area (Å²) in [5.41, 5.74) is 3.64. The van der Waals surface area contributed by atoms with E-state index in [0.29, 0.717) is 13.1 Å². The van der Waals surface area contributed by atoms with Crippen LogP contribution in [0.1, 0.15) is 27.4 Å². The van der Waals surface area contributed by atoms with Gasteiger partial charge >= 0.3 is 0 Å². The molecule has 1 aliphatic rings. The molecule has 0 N–H and O–H groups in total. The number of hydrogen-bond donors (Lipinski definition) is 0.